The predicted octanol–water partition coefficient (Wildman–Crippen LogP) is -1.99. The monoisotopic (exact) mass is 249 g/mol. The van der Waals surface area contributed by atoms with Gasteiger partial charge in [0.15, 0.2) is 0 Å². The zero-order valence-electron chi connectivity index (χ0n) is 4.54. The number of hydrogen-bond acceptors (Lipinski definition) is 6. The van der Waals surface area contributed by atoms with Crippen LogP contribution in [0.25, 0.3) is 0 Å². The van der Waals surface area contributed by atoms with Crippen molar-refractivity contribution in [2.45, 2.75) is 0 Å². The van der Waals surface area contributed by atoms with Crippen LogP contribution in [-0.4, -0.2) is 35.0 Å². The summed E-state index contributed by atoms with van der Waals surface area (Å²) in [5.74, 6) is 0. The van der Waals surface area contributed by atoms with Gasteiger partial charge in [0.2, 0.25) is 20.8 Å². The molecule has 11 heavy (non-hydrogen) atoms. The zero-order chi connectivity index (χ0) is 9.00. The molecule has 0 amide bonds. The SMILES string of the molecule is O=S(=O)([O-])O.O=S(=O)([O-])O.[Mn+2]. The van der Waals surface area contributed by atoms with E-state index in [2.05, 4.69) is 0 Å². The van der Waals surface area contributed by atoms with Gasteiger partial charge >= 0.3 is 17.1 Å². The van der Waals surface area contributed by atoms with E-state index in [4.69, 9.17) is 35.0 Å². The molecule has 8 nitrogen and oxygen atoms in total. The maximum atomic E-state index is 8.63. The van der Waals surface area contributed by atoms with Crippen molar-refractivity contribution in [1.82, 2.24) is 0 Å². The normalized spacial score (nSPS) is 10.5. The van der Waals surface area contributed by atoms with Crippen molar-refractivity contribution in [1.29, 1.82) is 0 Å². The van der Waals surface area contributed by atoms with Crippen LogP contribution in [-0.2, 0) is 37.9 Å². The van der Waals surface area contributed by atoms with Crippen LogP contribution >= 0.6 is 0 Å². The minimum atomic E-state index is -4.92. The second-order valence-electron chi connectivity index (χ2n) is 0.855. The fraction of sp³-hybridized carbons (Fsp3) is 0. The molecule has 0 aromatic heterocycles. The molecule has 0 atom stereocenters. The standard InChI is InChI=1S/Mn.2H2O4S/c;2*1-5(2,3)4/h;2*(H2,1,2,3,4)/q+2;;/p-2. The summed E-state index contributed by atoms with van der Waals surface area (Å²) in [5.41, 5.74) is 0. The molecule has 0 saturated heterocycles. The van der Waals surface area contributed by atoms with Crippen molar-refractivity contribution in [2.75, 3.05) is 0 Å². The van der Waals surface area contributed by atoms with E-state index in [1.54, 1.807) is 0 Å². The fourth-order valence-electron chi connectivity index (χ4n) is 0. The Bertz CT molecular complexity index is 208. The van der Waals surface area contributed by atoms with Crippen LogP contribution in [0.15, 0.2) is 0 Å². The van der Waals surface area contributed by atoms with E-state index >= 15 is 0 Å². The fourth-order valence-corrected chi connectivity index (χ4v) is 0. The summed E-state index contributed by atoms with van der Waals surface area (Å²) in [6.07, 6.45) is 0. The van der Waals surface area contributed by atoms with Crippen LogP contribution in [0.2, 0.25) is 0 Å². The quantitative estimate of drug-likeness (QED) is 0.284. The predicted molar refractivity (Wildman–Crippen MR) is 24.7 cm³/mol. The summed E-state index contributed by atoms with van der Waals surface area (Å²) in [7, 11) is -9.83. The van der Waals surface area contributed by atoms with Crippen molar-refractivity contribution in [3.05, 3.63) is 0 Å². The Hall–Kier alpha value is 0.259. The molecule has 69 valence electrons. The molecule has 0 bridgehead atoms. The minimum Gasteiger partial charge on any atom is -0.726 e. The topological polar surface area (TPSA) is 155 Å². The van der Waals surface area contributed by atoms with Crippen molar-refractivity contribution in [3.63, 3.8) is 0 Å². The average molecular weight is 249 g/mol. The Morgan fingerprint density at radius 3 is 0.818 bits per heavy atom. The van der Waals surface area contributed by atoms with Crippen molar-refractivity contribution < 1.29 is 52.1 Å². The molecule has 0 aromatic carbocycles. The van der Waals surface area contributed by atoms with Crippen LogP contribution < -0.4 is 0 Å². The van der Waals surface area contributed by atoms with Gasteiger partial charge in [-0.25, -0.2) is 16.8 Å². The Kier molecular flexibility index (Phi) is 9.24. The van der Waals surface area contributed by atoms with E-state index in [-0.39, 0.29) is 17.1 Å². The van der Waals surface area contributed by atoms with Crippen LogP contribution in [0.3, 0.4) is 0 Å². The summed E-state index contributed by atoms with van der Waals surface area (Å²) in [6.45, 7) is 0. The molecule has 2 N–H and O–H groups in total. The van der Waals surface area contributed by atoms with Gasteiger partial charge in [0.25, 0.3) is 0 Å². The van der Waals surface area contributed by atoms with Gasteiger partial charge in [-0.3, -0.25) is 9.11 Å². The molecule has 0 aliphatic heterocycles. The van der Waals surface area contributed by atoms with Crippen LogP contribution in [0.4, 0.5) is 0 Å². The van der Waals surface area contributed by atoms with Crippen LogP contribution in [0, 0.1) is 0 Å². The molecule has 0 fully saturated rings. The van der Waals surface area contributed by atoms with Gasteiger partial charge in [-0.2, -0.15) is 0 Å². The van der Waals surface area contributed by atoms with Crippen LogP contribution in [0.1, 0.15) is 0 Å². The third-order valence-electron chi connectivity index (χ3n) is 0. The third kappa shape index (κ3) is 10400. The molecule has 0 unspecified atom stereocenters. The molecule has 0 aliphatic carbocycles. The molecule has 0 aliphatic rings. The van der Waals surface area contributed by atoms with Crippen molar-refractivity contribution >= 4 is 20.8 Å². The van der Waals surface area contributed by atoms with Gasteiger partial charge in [-0.05, 0) is 0 Å². The number of rotatable bonds is 0. The Labute approximate surface area is 73.2 Å². The third-order valence-corrected chi connectivity index (χ3v) is 0. The van der Waals surface area contributed by atoms with Gasteiger partial charge in [0.05, 0.1) is 0 Å². The molecule has 0 aromatic rings. The largest absolute Gasteiger partial charge is 2.00 e. The first-order chi connectivity index (χ1) is 4.00. The Morgan fingerprint density at radius 2 is 0.818 bits per heavy atom. The summed E-state index contributed by atoms with van der Waals surface area (Å²) in [6, 6.07) is 0. The van der Waals surface area contributed by atoms with E-state index in [1.165, 1.54) is 0 Å². The van der Waals surface area contributed by atoms with Gasteiger partial charge in [0.1, 0.15) is 0 Å². The average Bonchev–Trinajstić information content (AvgIpc) is 1.12. The Morgan fingerprint density at radius 1 is 0.818 bits per heavy atom. The molecule has 1 radical (unpaired) electrons. The first kappa shape index (κ1) is 17.4. The summed E-state index contributed by atoms with van der Waals surface area (Å²) < 4.78 is 65.7. The minimum absolute atomic E-state index is 0. The van der Waals surface area contributed by atoms with E-state index in [1.807, 2.05) is 0 Å². The Balaban J connectivity index is -0.000000107. The van der Waals surface area contributed by atoms with Crippen molar-refractivity contribution in [3.8, 4) is 0 Å². The van der Waals surface area contributed by atoms with Gasteiger partial charge < -0.3 is 9.11 Å². The first-order valence-electron chi connectivity index (χ1n) is 1.37. The van der Waals surface area contributed by atoms with Gasteiger partial charge in [-0.1, -0.05) is 0 Å². The summed E-state index contributed by atoms with van der Waals surface area (Å²) in [5, 5.41) is 0. The maximum absolute atomic E-state index is 8.63. The second-order valence-corrected chi connectivity index (χ2v) is 2.57. The molecule has 0 rings (SSSR count). The van der Waals surface area contributed by atoms with Crippen LogP contribution in [0.5, 0.6) is 0 Å². The van der Waals surface area contributed by atoms with E-state index in [0.717, 1.165) is 0 Å². The van der Waals surface area contributed by atoms with Crippen molar-refractivity contribution in [2.24, 2.45) is 0 Å². The maximum Gasteiger partial charge on any atom is 2.00 e. The van der Waals surface area contributed by atoms with E-state index in [9.17, 15) is 0 Å². The second kappa shape index (κ2) is 5.85. The van der Waals surface area contributed by atoms with Gasteiger partial charge in [-0.15, -0.1) is 0 Å². The number of hydrogen-bond donors (Lipinski definition) is 2. The molecule has 0 heterocycles. The molecule has 0 saturated carbocycles. The van der Waals surface area contributed by atoms with E-state index in [0.29, 0.717) is 0 Å². The summed E-state index contributed by atoms with van der Waals surface area (Å²) >= 11 is 0. The first-order valence-corrected chi connectivity index (χ1v) is 4.10. The molecule has 11 heteroatoms. The summed E-state index contributed by atoms with van der Waals surface area (Å²) in [4.78, 5) is 0. The molecular formula is H2MnO8S2. The van der Waals surface area contributed by atoms with Gasteiger partial charge in [0, 0.05) is 0 Å². The zero-order valence-corrected chi connectivity index (χ0v) is 7.35. The smallest absolute Gasteiger partial charge is 0.726 e. The van der Waals surface area contributed by atoms with E-state index < -0.39 is 20.8 Å². The molecular weight excluding hydrogens is 247 g/mol. The molecule has 0 spiro atoms.